The number of carbonyl (C=O) groups excluding carboxylic acids is 1. The van der Waals surface area contributed by atoms with E-state index in [1.54, 1.807) is 41.0 Å². The number of hydrogen-bond donors (Lipinski definition) is 0. The second-order valence-corrected chi connectivity index (χ2v) is 12.0. The van der Waals surface area contributed by atoms with Gasteiger partial charge in [0, 0.05) is 16.8 Å². The summed E-state index contributed by atoms with van der Waals surface area (Å²) in [6, 6.07) is 21.9. The first-order chi connectivity index (χ1) is 20.1. The molecule has 3 heterocycles. The molecule has 0 fully saturated rings. The number of fused-ring (bicyclic) bond motifs is 3. The molecule has 0 spiro atoms. The number of nitrogens with zero attached hydrogens (tertiary/aromatic N) is 3. The van der Waals surface area contributed by atoms with Crippen molar-refractivity contribution in [2.75, 3.05) is 11.7 Å². The predicted octanol–water partition coefficient (Wildman–Crippen LogP) is 6.89. The van der Waals surface area contributed by atoms with Crippen molar-refractivity contribution in [3.05, 3.63) is 128 Å². The molecule has 2 atom stereocenters. The average molecular weight is 657 g/mol. The summed E-state index contributed by atoms with van der Waals surface area (Å²) in [6.45, 7) is 0.531. The number of benzene rings is 3. The van der Waals surface area contributed by atoms with Gasteiger partial charge in [-0.3, -0.25) is 19.3 Å². The second-order valence-electron chi connectivity index (χ2n) is 10.1. The molecule has 0 unspecified atom stereocenters. The maximum Gasteiger partial charge on any atom is 0.408 e. The molecule has 0 saturated carbocycles. The molecule has 1 aromatic heterocycles. The van der Waals surface area contributed by atoms with Crippen molar-refractivity contribution in [1.29, 1.82) is 0 Å². The number of aromatic nitrogens is 1. The van der Waals surface area contributed by atoms with Crippen LogP contribution in [-0.4, -0.2) is 34.4 Å². The highest BCUT2D eigenvalue weighted by atomic mass is 79.9. The van der Waals surface area contributed by atoms with Crippen LogP contribution in [0.4, 0.5) is 13.2 Å². The third-order valence-electron chi connectivity index (χ3n) is 7.55. The standard InChI is InChI=1S/C31H25BrF3N3O3S/c1-19(31(33,34)35)36-18-38(26-22-12-6-5-11-21(22)17-42-25-14-8-7-13-23(25)26)37-15-24(32)28(39)29(27(37)30(36)40)41-16-20-9-3-2-4-10-20/h2-15,19,26H,16-18H2,1H3/t19-,26+/m1/s1. The van der Waals surface area contributed by atoms with Crippen molar-refractivity contribution in [2.45, 2.75) is 42.4 Å². The predicted molar refractivity (Wildman–Crippen MR) is 158 cm³/mol. The van der Waals surface area contributed by atoms with Crippen LogP contribution in [0.15, 0.2) is 99.2 Å². The highest BCUT2D eigenvalue weighted by Crippen LogP contribution is 2.43. The van der Waals surface area contributed by atoms with Crippen LogP contribution in [0.3, 0.4) is 0 Å². The van der Waals surface area contributed by atoms with Crippen molar-refractivity contribution in [3.8, 4) is 5.75 Å². The van der Waals surface area contributed by atoms with E-state index in [1.165, 1.54) is 10.9 Å². The minimum absolute atomic E-state index is 0.0482. The van der Waals surface area contributed by atoms with Gasteiger partial charge in [-0.15, -0.1) is 11.8 Å². The average Bonchev–Trinajstić information content (AvgIpc) is 3.15. The molecule has 1 amide bonds. The summed E-state index contributed by atoms with van der Waals surface area (Å²) < 4.78 is 50.1. The van der Waals surface area contributed by atoms with Crippen molar-refractivity contribution in [1.82, 2.24) is 9.58 Å². The number of rotatable bonds is 5. The smallest absolute Gasteiger partial charge is 0.408 e. The van der Waals surface area contributed by atoms with E-state index in [1.807, 2.05) is 54.6 Å². The summed E-state index contributed by atoms with van der Waals surface area (Å²) in [5.41, 5.74) is 2.67. The second kappa shape index (κ2) is 11.2. The molecule has 2 aliphatic rings. The molecule has 2 aliphatic heterocycles. The largest absolute Gasteiger partial charge is 0.482 e. The zero-order valence-electron chi connectivity index (χ0n) is 22.3. The van der Waals surface area contributed by atoms with Gasteiger partial charge >= 0.3 is 6.18 Å². The van der Waals surface area contributed by atoms with Gasteiger partial charge in [0.1, 0.15) is 19.3 Å². The first-order valence-corrected chi connectivity index (χ1v) is 15.0. The number of ether oxygens (including phenoxy) is 1. The highest BCUT2D eigenvalue weighted by molar-refractivity contribution is 9.10. The molecule has 0 bridgehead atoms. The molecule has 0 aliphatic carbocycles. The van der Waals surface area contributed by atoms with Gasteiger partial charge in [-0.05, 0) is 51.2 Å². The molecule has 11 heteroatoms. The Morgan fingerprint density at radius 2 is 1.64 bits per heavy atom. The summed E-state index contributed by atoms with van der Waals surface area (Å²) in [7, 11) is 0. The number of alkyl halides is 3. The molecular formula is C31H25BrF3N3O3S. The Hall–Kier alpha value is -3.70. The lowest BCUT2D eigenvalue weighted by Crippen LogP contribution is -2.60. The van der Waals surface area contributed by atoms with Gasteiger partial charge < -0.3 is 9.64 Å². The summed E-state index contributed by atoms with van der Waals surface area (Å²) in [5, 5.41) is 1.71. The van der Waals surface area contributed by atoms with Crippen LogP contribution >= 0.6 is 27.7 Å². The van der Waals surface area contributed by atoms with E-state index in [2.05, 4.69) is 15.9 Å². The molecule has 42 heavy (non-hydrogen) atoms. The van der Waals surface area contributed by atoms with E-state index in [9.17, 15) is 22.8 Å². The molecule has 216 valence electrons. The van der Waals surface area contributed by atoms with Gasteiger partial charge in [-0.25, -0.2) is 0 Å². The van der Waals surface area contributed by atoms with E-state index in [4.69, 9.17) is 4.74 Å². The van der Waals surface area contributed by atoms with E-state index in [0.717, 1.165) is 39.0 Å². The third kappa shape index (κ3) is 5.09. The van der Waals surface area contributed by atoms with Crippen LogP contribution in [0, 0.1) is 0 Å². The molecule has 4 aromatic rings. The lowest BCUT2D eigenvalue weighted by atomic mass is 9.94. The van der Waals surface area contributed by atoms with Crippen LogP contribution in [-0.2, 0) is 12.4 Å². The maximum atomic E-state index is 14.2. The SMILES string of the molecule is C[C@@H](N1CN([C@H]2c3ccccc3CSc3ccccc32)n2cc(Br)c(=O)c(OCc3ccccc3)c2C1=O)C(F)(F)F. The molecular weight excluding hydrogens is 631 g/mol. The van der Waals surface area contributed by atoms with E-state index >= 15 is 0 Å². The van der Waals surface area contributed by atoms with Crippen molar-refractivity contribution >= 4 is 33.6 Å². The van der Waals surface area contributed by atoms with E-state index < -0.39 is 29.6 Å². The first-order valence-electron chi connectivity index (χ1n) is 13.2. The highest BCUT2D eigenvalue weighted by Gasteiger charge is 2.48. The molecule has 6 nitrogen and oxygen atoms in total. The Balaban J connectivity index is 1.58. The lowest BCUT2D eigenvalue weighted by molar-refractivity contribution is -0.173. The monoisotopic (exact) mass is 655 g/mol. The van der Waals surface area contributed by atoms with Gasteiger partial charge in [-0.1, -0.05) is 72.8 Å². The summed E-state index contributed by atoms with van der Waals surface area (Å²) in [6.07, 6.45) is -3.25. The van der Waals surface area contributed by atoms with Gasteiger partial charge in [0.15, 0.2) is 11.4 Å². The number of halogens is 4. The Labute approximate surface area is 252 Å². The zero-order chi connectivity index (χ0) is 29.6. The molecule has 0 radical (unpaired) electrons. The quantitative estimate of drug-likeness (QED) is 0.234. The Morgan fingerprint density at radius 3 is 2.38 bits per heavy atom. The van der Waals surface area contributed by atoms with Crippen LogP contribution in [0.2, 0.25) is 0 Å². The molecule has 0 N–H and O–H groups in total. The number of pyridine rings is 1. The number of thioether (sulfide) groups is 1. The topological polar surface area (TPSA) is 54.8 Å². The van der Waals surface area contributed by atoms with Gasteiger partial charge in [0.05, 0.1) is 10.5 Å². The number of amides is 1. The summed E-state index contributed by atoms with van der Waals surface area (Å²) >= 11 is 4.98. The lowest BCUT2D eigenvalue weighted by Gasteiger charge is -2.46. The first kappa shape index (κ1) is 28.4. The van der Waals surface area contributed by atoms with Crippen molar-refractivity contribution in [3.63, 3.8) is 0 Å². The fourth-order valence-electron chi connectivity index (χ4n) is 5.33. The molecule has 6 rings (SSSR count). The van der Waals surface area contributed by atoms with E-state index in [-0.39, 0.29) is 29.2 Å². The third-order valence-corrected chi connectivity index (χ3v) is 9.26. The van der Waals surface area contributed by atoms with Gasteiger partial charge in [-0.2, -0.15) is 13.2 Å². The fraction of sp³-hybridized carbons (Fsp3) is 0.226. The Kier molecular flexibility index (Phi) is 7.57. The van der Waals surface area contributed by atoms with Crippen LogP contribution in [0.5, 0.6) is 5.75 Å². The minimum Gasteiger partial charge on any atom is -0.482 e. The van der Waals surface area contributed by atoms with Crippen LogP contribution in [0.25, 0.3) is 0 Å². The molecule has 0 saturated heterocycles. The minimum atomic E-state index is -4.70. The van der Waals surface area contributed by atoms with Crippen LogP contribution in [0.1, 0.15) is 45.7 Å². The summed E-state index contributed by atoms with van der Waals surface area (Å²) in [5.74, 6) is -0.578. The summed E-state index contributed by atoms with van der Waals surface area (Å²) in [4.78, 5) is 29.1. The van der Waals surface area contributed by atoms with Crippen LogP contribution < -0.4 is 15.2 Å². The van der Waals surface area contributed by atoms with Crippen molar-refractivity contribution in [2.24, 2.45) is 0 Å². The zero-order valence-corrected chi connectivity index (χ0v) is 24.7. The van der Waals surface area contributed by atoms with Crippen molar-refractivity contribution < 1.29 is 22.7 Å². The Morgan fingerprint density at radius 1 is 0.976 bits per heavy atom. The van der Waals surface area contributed by atoms with Gasteiger partial charge in [0.25, 0.3) is 5.91 Å². The van der Waals surface area contributed by atoms with E-state index in [0.29, 0.717) is 5.75 Å². The Bertz CT molecular complexity index is 1670. The fourth-order valence-corrected chi connectivity index (χ4v) is 6.80. The maximum absolute atomic E-state index is 14.2. The molecule has 3 aromatic carbocycles. The number of hydrogen-bond acceptors (Lipinski definition) is 5. The normalized spacial score (nSPS) is 17.2. The number of carbonyl (C=O) groups is 1. The van der Waals surface area contributed by atoms with Gasteiger partial charge in [0.2, 0.25) is 5.43 Å².